The van der Waals surface area contributed by atoms with E-state index in [1.54, 1.807) is 29.7 Å². The molecule has 1 aliphatic heterocycles. The number of fused-ring (bicyclic) bond motifs is 1. The normalized spacial score (nSPS) is 16.1. The van der Waals surface area contributed by atoms with Crippen molar-refractivity contribution in [2.24, 2.45) is 0 Å². The molecule has 0 unspecified atom stereocenters. The molecule has 9 heteroatoms. The van der Waals surface area contributed by atoms with E-state index in [0.717, 1.165) is 27.6 Å². The van der Waals surface area contributed by atoms with E-state index in [-0.39, 0.29) is 17.5 Å². The average molecular weight is 447 g/mol. The van der Waals surface area contributed by atoms with Gasteiger partial charge in [0.1, 0.15) is 5.69 Å². The van der Waals surface area contributed by atoms with Crippen molar-refractivity contribution in [3.8, 4) is 11.1 Å². The number of hydrogen-bond acceptors (Lipinski definition) is 5. The summed E-state index contributed by atoms with van der Waals surface area (Å²) in [5, 5.41) is 5.47. The Labute approximate surface area is 180 Å². The molecule has 0 saturated carbocycles. The van der Waals surface area contributed by atoms with Crippen LogP contribution in [0.5, 0.6) is 0 Å². The zero-order valence-corrected chi connectivity index (χ0v) is 17.9. The van der Waals surface area contributed by atoms with Crippen LogP contribution in [0.25, 0.3) is 21.9 Å². The maximum Gasteiger partial charge on any atom is 0.280 e. The molecule has 0 atom stereocenters. The molecule has 164 valence electrons. The Morgan fingerprint density at radius 2 is 1.90 bits per heavy atom. The molecule has 6 nitrogen and oxygen atoms in total. The molecule has 2 aromatic heterocycles. The first-order chi connectivity index (χ1) is 14.9. The summed E-state index contributed by atoms with van der Waals surface area (Å²) in [5.74, 6) is 0.113. The molecule has 3 aromatic rings. The van der Waals surface area contributed by atoms with E-state index in [2.05, 4.69) is 15.3 Å². The van der Waals surface area contributed by atoms with Crippen LogP contribution in [0.3, 0.4) is 0 Å². The van der Waals surface area contributed by atoms with Gasteiger partial charge < -0.3 is 5.32 Å². The maximum absolute atomic E-state index is 12.8. The van der Waals surface area contributed by atoms with E-state index in [0.29, 0.717) is 25.9 Å². The van der Waals surface area contributed by atoms with Crippen molar-refractivity contribution in [3.63, 3.8) is 0 Å². The molecule has 1 aromatic carbocycles. The van der Waals surface area contributed by atoms with Crippen molar-refractivity contribution in [3.05, 3.63) is 54.6 Å². The summed E-state index contributed by atoms with van der Waals surface area (Å²) in [6, 6.07) is 8.97. The Bertz CT molecular complexity index is 1160. The van der Waals surface area contributed by atoms with Gasteiger partial charge in [0.15, 0.2) is 0 Å². The Morgan fingerprint density at radius 3 is 2.55 bits per heavy atom. The fraction of sp³-hybridized carbons (Fsp3) is 0.364. The Balaban J connectivity index is 1.60. The molecule has 1 aliphatic rings. The first kappa shape index (κ1) is 21.6. The van der Waals surface area contributed by atoms with E-state index in [1.165, 1.54) is 12.3 Å². The highest BCUT2D eigenvalue weighted by Gasteiger charge is 2.27. The zero-order chi connectivity index (χ0) is 22.0. The van der Waals surface area contributed by atoms with Crippen LogP contribution in [0.4, 0.5) is 14.5 Å². The van der Waals surface area contributed by atoms with Crippen LogP contribution in [0.2, 0.25) is 0 Å². The highest BCUT2D eigenvalue weighted by atomic mass is 32.2. The highest BCUT2D eigenvalue weighted by molar-refractivity contribution is 7.89. The van der Waals surface area contributed by atoms with Crippen LogP contribution in [0.1, 0.15) is 31.9 Å². The molecule has 4 rings (SSSR count). The molecule has 0 aliphatic carbocycles. The fourth-order valence-corrected chi connectivity index (χ4v) is 5.00. The second-order valence-corrected chi connectivity index (χ2v) is 9.87. The van der Waals surface area contributed by atoms with Crippen LogP contribution in [0.15, 0.2) is 48.9 Å². The number of alkyl halides is 2. The molecule has 1 N–H and O–H groups in total. The average Bonchev–Trinajstić information content (AvgIpc) is 2.79. The van der Waals surface area contributed by atoms with E-state index < -0.39 is 16.4 Å². The molecule has 0 radical (unpaired) electrons. The summed E-state index contributed by atoms with van der Waals surface area (Å²) in [6.45, 7) is 2.64. The lowest BCUT2D eigenvalue weighted by atomic mass is 10.00. The summed E-state index contributed by atoms with van der Waals surface area (Å²) in [7, 11) is -3.17. The lowest BCUT2D eigenvalue weighted by Gasteiger charge is -2.32. The summed E-state index contributed by atoms with van der Waals surface area (Å²) < 4.78 is 51.4. The van der Waals surface area contributed by atoms with Gasteiger partial charge in [-0.3, -0.25) is 9.97 Å². The van der Waals surface area contributed by atoms with Gasteiger partial charge in [0, 0.05) is 54.4 Å². The molecule has 0 amide bonds. The number of nitrogens with zero attached hydrogens (tertiary/aromatic N) is 3. The summed E-state index contributed by atoms with van der Waals surface area (Å²) >= 11 is 0. The summed E-state index contributed by atoms with van der Waals surface area (Å²) in [5.41, 5.74) is 2.24. The fourth-order valence-electron chi connectivity index (χ4n) is 3.87. The maximum atomic E-state index is 12.8. The van der Waals surface area contributed by atoms with Crippen LogP contribution in [0, 0.1) is 0 Å². The quantitative estimate of drug-likeness (QED) is 0.605. The second-order valence-electron chi connectivity index (χ2n) is 7.61. The third kappa shape index (κ3) is 4.67. The van der Waals surface area contributed by atoms with Crippen molar-refractivity contribution in [2.45, 2.75) is 32.2 Å². The zero-order valence-electron chi connectivity index (χ0n) is 17.1. The number of hydrogen-bond donors (Lipinski definition) is 1. The topological polar surface area (TPSA) is 75.2 Å². The molecule has 31 heavy (non-hydrogen) atoms. The van der Waals surface area contributed by atoms with Gasteiger partial charge in [-0.2, -0.15) is 0 Å². The smallest absolute Gasteiger partial charge is 0.280 e. The molecule has 0 bridgehead atoms. The largest absolute Gasteiger partial charge is 0.382 e. The minimum Gasteiger partial charge on any atom is -0.382 e. The third-order valence-electron chi connectivity index (χ3n) is 5.67. The van der Waals surface area contributed by atoms with Crippen LogP contribution in [-0.4, -0.2) is 47.6 Å². The minimum absolute atomic E-state index is 0.113. The Kier molecular flexibility index (Phi) is 6.15. The monoisotopic (exact) mass is 446 g/mol. The van der Waals surface area contributed by atoms with Crippen LogP contribution in [-0.2, 0) is 10.0 Å². The van der Waals surface area contributed by atoms with Gasteiger partial charge in [-0.05, 0) is 55.0 Å². The number of pyridine rings is 2. The van der Waals surface area contributed by atoms with Crippen molar-refractivity contribution in [2.75, 3.05) is 24.2 Å². The number of rotatable bonds is 6. The number of benzene rings is 1. The number of aromatic nitrogens is 2. The predicted molar refractivity (Wildman–Crippen MR) is 118 cm³/mol. The van der Waals surface area contributed by atoms with E-state index in [4.69, 9.17) is 0 Å². The number of nitrogens with one attached hydrogen (secondary N) is 1. The number of piperidine rings is 1. The predicted octanol–water partition coefficient (Wildman–Crippen LogP) is 4.46. The molecule has 1 fully saturated rings. The Hall–Kier alpha value is -2.65. The molecular formula is C22H24F2N4O2S. The van der Waals surface area contributed by atoms with Gasteiger partial charge in [-0.25, -0.2) is 21.5 Å². The second kappa shape index (κ2) is 8.84. The Morgan fingerprint density at radius 1 is 1.13 bits per heavy atom. The van der Waals surface area contributed by atoms with Crippen molar-refractivity contribution in [1.29, 1.82) is 0 Å². The molecular weight excluding hydrogens is 422 g/mol. The third-order valence-corrected chi connectivity index (χ3v) is 7.55. The van der Waals surface area contributed by atoms with Gasteiger partial charge in [0.25, 0.3) is 6.43 Å². The summed E-state index contributed by atoms with van der Waals surface area (Å²) in [6.07, 6.45) is 3.77. The number of anilines is 1. The summed E-state index contributed by atoms with van der Waals surface area (Å²) in [4.78, 5) is 8.11. The first-order valence-electron chi connectivity index (χ1n) is 10.2. The minimum atomic E-state index is -3.17. The van der Waals surface area contributed by atoms with Gasteiger partial charge in [0.05, 0.1) is 5.75 Å². The first-order valence-corrected chi connectivity index (χ1v) is 11.8. The molecule has 0 spiro atoms. The number of halogens is 2. The molecule has 1 saturated heterocycles. The van der Waals surface area contributed by atoms with Crippen molar-refractivity contribution < 1.29 is 17.2 Å². The molecule has 3 heterocycles. The van der Waals surface area contributed by atoms with Crippen molar-refractivity contribution in [1.82, 2.24) is 14.3 Å². The van der Waals surface area contributed by atoms with Crippen molar-refractivity contribution >= 4 is 26.5 Å². The highest BCUT2D eigenvalue weighted by Crippen LogP contribution is 2.32. The van der Waals surface area contributed by atoms with Gasteiger partial charge in [-0.15, -0.1) is 0 Å². The van der Waals surface area contributed by atoms with Gasteiger partial charge >= 0.3 is 0 Å². The van der Waals surface area contributed by atoms with Gasteiger partial charge in [-0.1, -0.05) is 6.07 Å². The van der Waals surface area contributed by atoms with Crippen LogP contribution >= 0.6 is 0 Å². The lowest BCUT2D eigenvalue weighted by Crippen LogP contribution is -2.42. The van der Waals surface area contributed by atoms with Gasteiger partial charge in [0.2, 0.25) is 10.0 Å². The van der Waals surface area contributed by atoms with E-state index in [9.17, 15) is 17.2 Å². The van der Waals surface area contributed by atoms with Crippen LogP contribution < -0.4 is 5.32 Å². The lowest BCUT2D eigenvalue weighted by molar-refractivity contribution is 0.146. The SMILES string of the molecule is CCS(=O)(=O)N1CCC(Nc2cc(-c3ccc(C(F)F)nc3)cc3ccncc23)CC1. The standard InChI is InChI=1S/C22H24F2N4O2S/c1-2-31(29,30)28-9-6-18(7-10-28)27-21-12-17(11-15-5-8-25-14-19(15)21)16-3-4-20(22(23)24)26-13-16/h3-5,8,11-14,18,22,27H,2,6-7,9-10H2,1H3. The number of sulfonamides is 1. The van der Waals surface area contributed by atoms with E-state index >= 15 is 0 Å². The van der Waals surface area contributed by atoms with E-state index in [1.807, 2.05) is 18.2 Å².